The summed E-state index contributed by atoms with van der Waals surface area (Å²) < 4.78 is 7.19. The Bertz CT molecular complexity index is 1040. The Morgan fingerprint density at radius 2 is 2.00 bits per heavy atom. The minimum atomic E-state index is 0.769. The van der Waals surface area contributed by atoms with Gasteiger partial charge in [-0.25, -0.2) is 0 Å². The topological polar surface area (TPSA) is 56.9 Å². The second-order valence-electron chi connectivity index (χ2n) is 7.27. The van der Waals surface area contributed by atoms with Gasteiger partial charge in [-0.2, -0.15) is 5.10 Å². The van der Waals surface area contributed by atoms with Gasteiger partial charge in [-0.1, -0.05) is 6.42 Å². The van der Waals surface area contributed by atoms with E-state index in [1.54, 1.807) is 11.3 Å². The monoisotopic (exact) mass is 380 g/mol. The number of aromatic nitrogens is 3. The molecule has 0 aliphatic carbocycles. The van der Waals surface area contributed by atoms with Crippen LogP contribution in [0.1, 0.15) is 25.7 Å². The summed E-state index contributed by atoms with van der Waals surface area (Å²) in [5.41, 5.74) is 4.21. The summed E-state index contributed by atoms with van der Waals surface area (Å²) in [6, 6.07) is 10.5. The maximum Gasteiger partial charge on any atom is 0.126 e. The van der Waals surface area contributed by atoms with Crippen molar-refractivity contribution in [1.82, 2.24) is 20.1 Å². The Morgan fingerprint density at radius 1 is 1.07 bits per heavy atom. The summed E-state index contributed by atoms with van der Waals surface area (Å²) >= 11 is 1.71. The van der Waals surface area contributed by atoms with E-state index in [0.717, 1.165) is 47.7 Å². The molecular weight excluding hydrogens is 356 g/mol. The van der Waals surface area contributed by atoms with E-state index in [2.05, 4.69) is 55.8 Å². The van der Waals surface area contributed by atoms with E-state index < -0.39 is 0 Å². The van der Waals surface area contributed by atoms with Crippen molar-refractivity contribution in [2.24, 2.45) is 0 Å². The molecule has 0 saturated carbocycles. The van der Waals surface area contributed by atoms with Crippen LogP contribution < -0.4 is 4.74 Å². The SMILES string of the molecule is c1cc2[nH]nc(-c3cc4ccc(OCCCN5CCCCC5)cc4[nH]3)c2s1. The van der Waals surface area contributed by atoms with E-state index in [4.69, 9.17) is 4.74 Å². The fourth-order valence-electron chi connectivity index (χ4n) is 3.91. The van der Waals surface area contributed by atoms with Gasteiger partial charge in [-0.15, -0.1) is 11.3 Å². The fourth-order valence-corrected chi connectivity index (χ4v) is 4.76. The molecule has 0 bridgehead atoms. The minimum Gasteiger partial charge on any atom is -0.493 e. The van der Waals surface area contributed by atoms with Gasteiger partial charge in [0.15, 0.2) is 0 Å². The maximum absolute atomic E-state index is 6.00. The molecule has 1 aliphatic rings. The molecule has 0 spiro atoms. The van der Waals surface area contributed by atoms with Gasteiger partial charge in [0.2, 0.25) is 0 Å². The van der Waals surface area contributed by atoms with E-state index >= 15 is 0 Å². The first-order valence-corrected chi connectivity index (χ1v) is 10.6. The maximum atomic E-state index is 6.00. The minimum absolute atomic E-state index is 0.769. The van der Waals surface area contributed by atoms with Gasteiger partial charge in [0.25, 0.3) is 0 Å². The summed E-state index contributed by atoms with van der Waals surface area (Å²) in [5, 5.41) is 10.8. The number of nitrogens with zero attached hydrogens (tertiary/aromatic N) is 2. The van der Waals surface area contributed by atoms with Gasteiger partial charge < -0.3 is 14.6 Å². The number of fused-ring (bicyclic) bond motifs is 2. The van der Waals surface area contributed by atoms with Gasteiger partial charge >= 0.3 is 0 Å². The van der Waals surface area contributed by atoms with Gasteiger partial charge in [0.05, 0.1) is 22.5 Å². The normalized spacial score (nSPS) is 15.7. The zero-order valence-electron chi connectivity index (χ0n) is 15.3. The molecule has 1 aromatic carbocycles. The highest BCUT2D eigenvalue weighted by atomic mass is 32.1. The van der Waals surface area contributed by atoms with Gasteiger partial charge in [-0.3, -0.25) is 5.10 Å². The molecule has 4 heterocycles. The molecule has 140 valence electrons. The van der Waals surface area contributed by atoms with Crippen LogP contribution in [-0.2, 0) is 0 Å². The van der Waals surface area contributed by atoms with Crippen molar-refractivity contribution in [1.29, 1.82) is 0 Å². The summed E-state index contributed by atoms with van der Waals surface area (Å²) in [6.07, 6.45) is 5.17. The molecule has 4 aromatic rings. The second kappa shape index (κ2) is 7.37. The van der Waals surface area contributed by atoms with E-state index in [9.17, 15) is 0 Å². The average molecular weight is 381 g/mol. The van der Waals surface area contributed by atoms with Crippen molar-refractivity contribution in [3.63, 3.8) is 0 Å². The van der Waals surface area contributed by atoms with Crippen molar-refractivity contribution >= 4 is 32.5 Å². The summed E-state index contributed by atoms with van der Waals surface area (Å²) in [7, 11) is 0. The number of hydrogen-bond acceptors (Lipinski definition) is 4. The van der Waals surface area contributed by atoms with Crippen LogP contribution in [0.5, 0.6) is 5.75 Å². The molecule has 0 radical (unpaired) electrons. The van der Waals surface area contributed by atoms with Gasteiger partial charge in [0, 0.05) is 23.5 Å². The number of aromatic amines is 2. The molecule has 5 rings (SSSR count). The van der Waals surface area contributed by atoms with Gasteiger partial charge in [-0.05, 0) is 62.0 Å². The van der Waals surface area contributed by atoms with Gasteiger partial charge in [0.1, 0.15) is 11.4 Å². The molecule has 2 N–H and O–H groups in total. The molecule has 1 aliphatic heterocycles. The lowest BCUT2D eigenvalue weighted by molar-refractivity contribution is 0.205. The molecule has 0 amide bonds. The lowest BCUT2D eigenvalue weighted by atomic mass is 10.1. The largest absolute Gasteiger partial charge is 0.493 e. The lowest BCUT2D eigenvalue weighted by Crippen LogP contribution is -2.31. The molecule has 27 heavy (non-hydrogen) atoms. The zero-order chi connectivity index (χ0) is 18.1. The predicted octanol–water partition coefficient (Wildman–Crippen LogP) is 5.03. The van der Waals surface area contributed by atoms with Crippen LogP contribution in [-0.4, -0.2) is 46.3 Å². The highest BCUT2D eigenvalue weighted by Crippen LogP contribution is 2.32. The second-order valence-corrected chi connectivity index (χ2v) is 8.19. The number of piperidine rings is 1. The van der Waals surface area contributed by atoms with Crippen LogP contribution >= 0.6 is 11.3 Å². The summed E-state index contributed by atoms with van der Waals surface area (Å²) in [4.78, 5) is 6.06. The van der Waals surface area contributed by atoms with Crippen molar-refractivity contribution in [2.45, 2.75) is 25.7 Å². The Labute approximate surface area is 162 Å². The molecule has 0 unspecified atom stereocenters. The van der Waals surface area contributed by atoms with Crippen LogP contribution in [0.2, 0.25) is 0 Å². The first-order chi connectivity index (χ1) is 13.4. The number of hydrogen-bond donors (Lipinski definition) is 2. The Balaban J connectivity index is 1.26. The van der Waals surface area contributed by atoms with Crippen molar-refractivity contribution in [3.05, 3.63) is 35.7 Å². The molecule has 3 aromatic heterocycles. The number of likely N-dealkylation sites (tertiary alicyclic amines) is 1. The van der Waals surface area contributed by atoms with Crippen LogP contribution in [0.3, 0.4) is 0 Å². The van der Waals surface area contributed by atoms with E-state index in [-0.39, 0.29) is 0 Å². The van der Waals surface area contributed by atoms with Crippen LogP contribution in [0, 0.1) is 0 Å². The van der Waals surface area contributed by atoms with Crippen molar-refractivity contribution in [2.75, 3.05) is 26.2 Å². The van der Waals surface area contributed by atoms with Crippen LogP contribution in [0.25, 0.3) is 32.5 Å². The number of H-pyrrole nitrogens is 2. The van der Waals surface area contributed by atoms with Crippen molar-refractivity contribution in [3.8, 4) is 17.1 Å². The van der Waals surface area contributed by atoms with Crippen LogP contribution in [0.4, 0.5) is 0 Å². The molecule has 1 fully saturated rings. The molecular formula is C21H24N4OS. The lowest BCUT2D eigenvalue weighted by Gasteiger charge is -2.26. The molecule has 6 heteroatoms. The van der Waals surface area contributed by atoms with E-state index in [1.807, 2.05) is 0 Å². The number of benzene rings is 1. The fraction of sp³-hybridized carbons (Fsp3) is 0.381. The zero-order valence-corrected chi connectivity index (χ0v) is 16.1. The Hall–Kier alpha value is -2.31. The smallest absolute Gasteiger partial charge is 0.126 e. The summed E-state index contributed by atoms with van der Waals surface area (Å²) in [6.45, 7) is 4.42. The Morgan fingerprint density at radius 3 is 2.93 bits per heavy atom. The van der Waals surface area contributed by atoms with E-state index in [1.165, 1.54) is 42.4 Å². The first-order valence-electron chi connectivity index (χ1n) is 9.77. The van der Waals surface area contributed by atoms with Crippen LogP contribution in [0.15, 0.2) is 35.7 Å². The Kier molecular flexibility index (Phi) is 4.59. The third-order valence-corrected chi connectivity index (χ3v) is 6.27. The summed E-state index contributed by atoms with van der Waals surface area (Å²) in [5.74, 6) is 0.929. The van der Waals surface area contributed by atoms with E-state index in [0.29, 0.717) is 0 Å². The quantitative estimate of drug-likeness (QED) is 0.461. The average Bonchev–Trinajstić information content (AvgIpc) is 3.40. The first kappa shape index (κ1) is 16.8. The molecule has 5 nitrogen and oxygen atoms in total. The number of ether oxygens (including phenoxy) is 1. The highest BCUT2D eigenvalue weighted by Gasteiger charge is 2.12. The predicted molar refractivity (Wildman–Crippen MR) is 112 cm³/mol. The number of nitrogens with one attached hydrogen (secondary N) is 2. The molecule has 0 atom stereocenters. The number of rotatable bonds is 6. The third-order valence-electron chi connectivity index (χ3n) is 5.35. The number of thiophene rings is 1. The standard InChI is InChI=1S/C21H24N4OS/c1-2-8-25(9-3-1)10-4-11-26-16-6-5-15-13-19(22-18(15)14-16)20-21-17(23-24-20)7-12-27-21/h5-7,12-14,22H,1-4,8-11H2,(H,23,24). The third kappa shape index (κ3) is 3.47. The van der Waals surface area contributed by atoms with Crippen molar-refractivity contribution < 1.29 is 4.74 Å². The molecule has 1 saturated heterocycles. The highest BCUT2D eigenvalue weighted by molar-refractivity contribution is 7.17.